The van der Waals surface area contributed by atoms with Crippen molar-refractivity contribution in [2.45, 2.75) is 18.4 Å². The largest absolute Gasteiger partial charge is 0.376 e. The first kappa shape index (κ1) is 14.4. The summed E-state index contributed by atoms with van der Waals surface area (Å²) in [5, 5.41) is 0. The van der Waals surface area contributed by atoms with Gasteiger partial charge in [0.05, 0.1) is 38.2 Å². The van der Waals surface area contributed by atoms with Crippen molar-refractivity contribution in [2.75, 3.05) is 57.4 Å². The van der Waals surface area contributed by atoms with Crippen LogP contribution in [0, 0.1) is 5.92 Å². The van der Waals surface area contributed by atoms with Gasteiger partial charge in [0.15, 0.2) is 0 Å². The molecule has 0 amide bonds. The molecule has 1 spiro atoms. The van der Waals surface area contributed by atoms with Crippen LogP contribution < -0.4 is 4.90 Å². The lowest BCUT2D eigenvalue weighted by Gasteiger charge is -2.43. The fourth-order valence-corrected chi connectivity index (χ4v) is 3.59. The van der Waals surface area contributed by atoms with Crippen molar-refractivity contribution in [3.63, 3.8) is 0 Å². The molecular weight excluding hydrogens is 278 g/mol. The van der Waals surface area contributed by atoms with Crippen LogP contribution in [-0.4, -0.2) is 68.0 Å². The molecule has 1 saturated carbocycles. The molecule has 1 aromatic heterocycles. The highest BCUT2D eigenvalue weighted by Gasteiger charge is 2.41. The van der Waals surface area contributed by atoms with Gasteiger partial charge >= 0.3 is 0 Å². The molecule has 120 valence electrons. The minimum Gasteiger partial charge on any atom is -0.376 e. The molecule has 0 radical (unpaired) electrons. The summed E-state index contributed by atoms with van der Waals surface area (Å²) in [4.78, 5) is 9.20. The molecule has 0 unspecified atom stereocenters. The maximum atomic E-state index is 6.24. The van der Waals surface area contributed by atoms with Gasteiger partial charge in [-0.15, -0.1) is 0 Å². The monoisotopic (exact) mass is 303 g/mol. The number of ether oxygens (including phenoxy) is 2. The van der Waals surface area contributed by atoms with E-state index in [9.17, 15) is 0 Å². The summed E-state index contributed by atoms with van der Waals surface area (Å²) >= 11 is 0. The zero-order valence-electron chi connectivity index (χ0n) is 13.1. The molecule has 1 aromatic rings. The van der Waals surface area contributed by atoms with Crippen LogP contribution >= 0.6 is 0 Å². The Morgan fingerprint density at radius 1 is 1.23 bits per heavy atom. The number of hydrogen-bond acceptors (Lipinski definition) is 5. The molecule has 3 aliphatic rings. The molecule has 0 bridgehead atoms. The summed E-state index contributed by atoms with van der Waals surface area (Å²) in [5.74, 6) is 0.927. The molecule has 3 heterocycles. The number of morpholine rings is 1. The minimum atomic E-state index is -0.195. The summed E-state index contributed by atoms with van der Waals surface area (Å²) in [6, 6.07) is 4.12. The Bertz CT molecular complexity index is 494. The standard InChI is InChI=1S/C17H25N3O2/c1-2-16(10-18-5-1)20-7-8-21-14-17(13-20)12-19(6-9-22-17)11-15-3-4-15/h1-2,5,10,15H,3-4,6-9,11-14H2/t17-/m0/s1. The van der Waals surface area contributed by atoms with Crippen molar-refractivity contribution in [3.8, 4) is 0 Å². The molecule has 5 heteroatoms. The zero-order valence-corrected chi connectivity index (χ0v) is 13.1. The van der Waals surface area contributed by atoms with E-state index in [1.807, 2.05) is 18.5 Å². The number of anilines is 1. The molecule has 2 saturated heterocycles. The van der Waals surface area contributed by atoms with E-state index in [2.05, 4.69) is 20.9 Å². The third-order valence-corrected chi connectivity index (χ3v) is 4.90. The van der Waals surface area contributed by atoms with Crippen molar-refractivity contribution < 1.29 is 9.47 Å². The lowest BCUT2D eigenvalue weighted by Crippen LogP contribution is -2.59. The first-order chi connectivity index (χ1) is 10.8. The van der Waals surface area contributed by atoms with Crippen LogP contribution in [0.25, 0.3) is 0 Å². The molecular formula is C17H25N3O2. The van der Waals surface area contributed by atoms with Gasteiger partial charge in [-0.2, -0.15) is 0 Å². The predicted molar refractivity (Wildman–Crippen MR) is 85.1 cm³/mol. The Labute approximate surface area is 132 Å². The smallest absolute Gasteiger partial charge is 0.121 e. The minimum absolute atomic E-state index is 0.195. The van der Waals surface area contributed by atoms with E-state index in [0.717, 1.165) is 51.0 Å². The Hall–Kier alpha value is -1.17. The van der Waals surface area contributed by atoms with Gasteiger partial charge in [0.25, 0.3) is 0 Å². The number of rotatable bonds is 3. The second-order valence-corrected chi connectivity index (χ2v) is 6.90. The summed E-state index contributed by atoms with van der Waals surface area (Å²) < 4.78 is 12.1. The Morgan fingerprint density at radius 3 is 3.00 bits per heavy atom. The van der Waals surface area contributed by atoms with Gasteiger partial charge in [-0.25, -0.2) is 0 Å². The number of nitrogens with zero attached hydrogens (tertiary/aromatic N) is 3. The second-order valence-electron chi connectivity index (χ2n) is 6.90. The highest BCUT2D eigenvalue weighted by molar-refractivity contribution is 5.44. The third-order valence-electron chi connectivity index (χ3n) is 4.90. The third kappa shape index (κ3) is 3.26. The topological polar surface area (TPSA) is 37.8 Å². The Balaban J connectivity index is 1.49. The highest BCUT2D eigenvalue weighted by Crippen LogP contribution is 2.32. The molecule has 5 nitrogen and oxygen atoms in total. The van der Waals surface area contributed by atoms with E-state index in [1.54, 1.807) is 0 Å². The van der Waals surface area contributed by atoms with Crippen LogP contribution in [0.2, 0.25) is 0 Å². The van der Waals surface area contributed by atoms with Gasteiger partial charge in [0.2, 0.25) is 0 Å². The quantitative estimate of drug-likeness (QED) is 0.844. The fourth-order valence-electron chi connectivity index (χ4n) is 3.59. The summed E-state index contributed by atoms with van der Waals surface area (Å²) in [6.45, 7) is 7.34. The van der Waals surface area contributed by atoms with Gasteiger partial charge in [-0.3, -0.25) is 9.88 Å². The van der Waals surface area contributed by atoms with Crippen molar-refractivity contribution in [2.24, 2.45) is 5.92 Å². The van der Waals surface area contributed by atoms with E-state index in [4.69, 9.17) is 9.47 Å². The summed E-state index contributed by atoms with van der Waals surface area (Å²) in [7, 11) is 0. The maximum Gasteiger partial charge on any atom is 0.121 e. The number of aromatic nitrogens is 1. The van der Waals surface area contributed by atoms with Crippen molar-refractivity contribution in [1.82, 2.24) is 9.88 Å². The summed E-state index contributed by atoms with van der Waals surface area (Å²) in [5.41, 5.74) is 0.967. The average Bonchev–Trinajstić information content (AvgIpc) is 3.37. The Morgan fingerprint density at radius 2 is 2.18 bits per heavy atom. The Kier molecular flexibility index (Phi) is 4.03. The van der Waals surface area contributed by atoms with Crippen LogP contribution in [0.3, 0.4) is 0 Å². The van der Waals surface area contributed by atoms with Crippen molar-refractivity contribution >= 4 is 5.69 Å². The number of hydrogen-bond donors (Lipinski definition) is 0. The van der Waals surface area contributed by atoms with Crippen LogP contribution in [-0.2, 0) is 9.47 Å². The SMILES string of the molecule is c1cncc(N2CCOC[C@]3(CN(CC4CC4)CCO3)C2)c1. The molecule has 1 atom stereocenters. The molecule has 22 heavy (non-hydrogen) atoms. The predicted octanol–water partition coefficient (Wildman–Crippen LogP) is 1.40. The first-order valence-corrected chi connectivity index (χ1v) is 8.42. The van der Waals surface area contributed by atoms with Gasteiger partial charge in [0, 0.05) is 32.4 Å². The van der Waals surface area contributed by atoms with Gasteiger partial charge in [0.1, 0.15) is 5.60 Å². The summed E-state index contributed by atoms with van der Waals surface area (Å²) in [6.07, 6.45) is 6.57. The van der Waals surface area contributed by atoms with Gasteiger partial charge in [-0.1, -0.05) is 0 Å². The normalized spacial score (nSPS) is 30.5. The van der Waals surface area contributed by atoms with Crippen LogP contribution in [0.1, 0.15) is 12.8 Å². The van der Waals surface area contributed by atoms with E-state index in [0.29, 0.717) is 6.61 Å². The lowest BCUT2D eigenvalue weighted by molar-refractivity contribution is -0.133. The fraction of sp³-hybridized carbons (Fsp3) is 0.706. The van der Waals surface area contributed by atoms with Crippen molar-refractivity contribution in [3.05, 3.63) is 24.5 Å². The molecule has 1 aliphatic carbocycles. The zero-order chi connectivity index (χ0) is 14.8. The average molecular weight is 303 g/mol. The molecule has 2 aliphatic heterocycles. The van der Waals surface area contributed by atoms with Crippen molar-refractivity contribution in [1.29, 1.82) is 0 Å². The van der Waals surface area contributed by atoms with Gasteiger partial charge < -0.3 is 14.4 Å². The van der Waals surface area contributed by atoms with E-state index in [1.165, 1.54) is 19.4 Å². The van der Waals surface area contributed by atoms with Crippen LogP contribution in [0.5, 0.6) is 0 Å². The highest BCUT2D eigenvalue weighted by atomic mass is 16.5. The van der Waals surface area contributed by atoms with Crippen LogP contribution in [0.4, 0.5) is 5.69 Å². The maximum absolute atomic E-state index is 6.24. The van der Waals surface area contributed by atoms with E-state index >= 15 is 0 Å². The lowest BCUT2D eigenvalue weighted by atomic mass is 10.0. The number of pyridine rings is 1. The molecule has 3 fully saturated rings. The van der Waals surface area contributed by atoms with Crippen LogP contribution in [0.15, 0.2) is 24.5 Å². The van der Waals surface area contributed by atoms with E-state index in [-0.39, 0.29) is 5.60 Å². The molecule has 4 rings (SSSR count). The molecule has 0 aromatic carbocycles. The van der Waals surface area contributed by atoms with Gasteiger partial charge in [-0.05, 0) is 30.9 Å². The second kappa shape index (κ2) is 6.14. The first-order valence-electron chi connectivity index (χ1n) is 8.42. The van der Waals surface area contributed by atoms with E-state index < -0.39 is 0 Å². The molecule has 0 N–H and O–H groups in total.